The molecule has 19 heavy (non-hydrogen) atoms. The van der Waals surface area contributed by atoms with Gasteiger partial charge in [-0.1, -0.05) is 35.5 Å². The molecule has 0 aromatic heterocycles. The van der Waals surface area contributed by atoms with Gasteiger partial charge in [0.25, 0.3) is 0 Å². The van der Waals surface area contributed by atoms with Crippen LogP contribution in [0.15, 0.2) is 59.8 Å². The molecule has 0 saturated heterocycles. The van der Waals surface area contributed by atoms with Crippen LogP contribution in [0.3, 0.4) is 0 Å². The minimum atomic E-state index is 0.103. The summed E-state index contributed by atoms with van der Waals surface area (Å²) in [4.78, 5) is 5.48. The summed E-state index contributed by atoms with van der Waals surface area (Å²) in [5.41, 5.74) is 3.21. The SMILES string of the molecule is Oc1ccc(C2=NO[C@H](Cc3ccccc3)C2)cc1. The topological polar surface area (TPSA) is 41.8 Å². The van der Waals surface area contributed by atoms with E-state index < -0.39 is 0 Å². The van der Waals surface area contributed by atoms with E-state index in [1.54, 1.807) is 12.1 Å². The van der Waals surface area contributed by atoms with E-state index in [2.05, 4.69) is 17.3 Å². The smallest absolute Gasteiger partial charge is 0.137 e. The van der Waals surface area contributed by atoms with Crippen LogP contribution in [-0.2, 0) is 11.3 Å². The van der Waals surface area contributed by atoms with Crippen molar-refractivity contribution in [3.63, 3.8) is 0 Å². The monoisotopic (exact) mass is 253 g/mol. The zero-order chi connectivity index (χ0) is 13.1. The molecule has 0 unspecified atom stereocenters. The quantitative estimate of drug-likeness (QED) is 0.913. The van der Waals surface area contributed by atoms with Crippen molar-refractivity contribution >= 4 is 5.71 Å². The third-order valence-corrected chi connectivity index (χ3v) is 3.24. The van der Waals surface area contributed by atoms with E-state index in [0.29, 0.717) is 0 Å². The van der Waals surface area contributed by atoms with Gasteiger partial charge >= 0.3 is 0 Å². The van der Waals surface area contributed by atoms with Crippen LogP contribution in [0, 0.1) is 0 Å². The van der Waals surface area contributed by atoms with Gasteiger partial charge in [-0.15, -0.1) is 0 Å². The first-order valence-electron chi connectivity index (χ1n) is 6.37. The van der Waals surface area contributed by atoms with Crippen molar-refractivity contribution in [2.75, 3.05) is 0 Å². The average molecular weight is 253 g/mol. The largest absolute Gasteiger partial charge is 0.508 e. The minimum Gasteiger partial charge on any atom is -0.508 e. The molecule has 1 atom stereocenters. The molecule has 2 aromatic rings. The molecule has 1 heterocycles. The summed E-state index contributed by atoms with van der Waals surface area (Å²) in [6.07, 6.45) is 1.78. The lowest BCUT2D eigenvalue weighted by Crippen LogP contribution is -2.11. The molecule has 0 spiro atoms. The standard InChI is InChI=1S/C16H15NO2/c18-14-8-6-13(7-9-14)16-11-15(19-17-16)10-12-4-2-1-3-5-12/h1-9,15,18H,10-11H2/t15-/m1/s1. The predicted octanol–water partition coefficient (Wildman–Crippen LogP) is 3.13. The molecule has 0 radical (unpaired) electrons. The van der Waals surface area contributed by atoms with Gasteiger partial charge in [-0.05, 0) is 35.4 Å². The normalized spacial score (nSPS) is 17.9. The highest BCUT2D eigenvalue weighted by molar-refractivity contribution is 6.01. The van der Waals surface area contributed by atoms with E-state index in [4.69, 9.17) is 4.84 Å². The number of phenolic OH excluding ortho intramolecular Hbond substituents is 1. The fourth-order valence-corrected chi connectivity index (χ4v) is 2.24. The molecule has 2 aromatic carbocycles. The Morgan fingerprint density at radius 3 is 2.53 bits per heavy atom. The molecular weight excluding hydrogens is 238 g/mol. The lowest BCUT2D eigenvalue weighted by Gasteiger charge is -2.07. The Bertz CT molecular complexity index is 575. The lowest BCUT2D eigenvalue weighted by molar-refractivity contribution is 0.0859. The van der Waals surface area contributed by atoms with Gasteiger partial charge in [0.2, 0.25) is 0 Å². The summed E-state index contributed by atoms with van der Waals surface area (Å²) in [5.74, 6) is 0.268. The first kappa shape index (κ1) is 11.8. The number of nitrogens with zero attached hydrogens (tertiary/aromatic N) is 1. The third-order valence-electron chi connectivity index (χ3n) is 3.24. The molecule has 1 N–H and O–H groups in total. The fourth-order valence-electron chi connectivity index (χ4n) is 2.24. The van der Waals surface area contributed by atoms with E-state index in [1.807, 2.05) is 30.3 Å². The van der Waals surface area contributed by atoms with Crippen LogP contribution in [-0.4, -0.2) is 16.9 Å². The molecule has 96 valence electrons. The van der Waals surface area contributed by atoms with Crippen LogP contribution >= 0.6 is 0 Å². The minimum absolute atomic E-state index is 0.103. The molecule has 1 aliphatic heterocycles. The van der Waals surface area contributed by atoms with Gasteiger partial charge in [-0.2, -0.15) is 0 Å². The molecule has 0 fully saturated rings. The molecule has 0 aliphatic carbocycles. The van der Waals surface area contributed by atoms with Crippen molar-refractivity contribution in [2.24, 2.45) is 5.16 Å². The van der Waals surface area contributed by atoms with Crippen molar-refractivity contribution in [3.05, 3.63) is 65.7 Å². The van der Waals surface area contributed by atoms with Gasteiger partial charge < -0.3 is 9.94 Å². The maximum absolute atomic E-state index is 9.28. The average Bonchev–Trinajstić information content (AvgIpc) is 2.89. The highest BCUT2D eigenvalue weighted by atomic mass is 16.6. The van der Waals surface area contributed by atoms with Gasteiger partial charge in [-0.3, -0.25) is 0 Å². The Labute approximate surface area is 112 Å². The first-order chi connectivity index (χ1) is 9.31. The maximum atomic E-state index is 9.28. The van der Waals surface area contributed by atoms with Crippen LogP contribution in [0.25, 0.3) is 0 Å². The van der Waals surface area contributed by atoms with E-state index >= 15 is 0 Å². The number of aromatic hydroxyl groups is 1. The Morgan fingerprint density at radius 1 is 1.05 bits per heavy atom. The molecule has 0 saturated carbocycles. The van der Waals surface area contributed by atoms with Crippen LogP contribution < -0.4 is 0 Å². The molecule has 3 rings (SSSR count). The van der Waals surface area contributed by atoms with E-state index in [-0.39, 0.29) is 11.9 Å². The zero-order valence-corrected chi connectivity index (χ0v) is 10.5. The summed E-state index contributed by atoms with van der Waals surface area (Å²) < 4.78 is 0. The Morgan fingerprint density at radius 2 is 1.79 bits per heavy atom. The Balaban J connectivity index is 1.65. The number of phenols is 1. The zero-order valence-electron chi connectivity index (χ0n) is 10.5. The molecule has 3 heteroatoms. The molecule has 3 nitrogen and oxygen atoms in total. The highest BCUT2D eigenvalue weighted by Gasteiger charge is 2.22. The second-order valence-electron chi connectivity index (χ2n) is 4.71. The van der Waals surface area contributed by atoms with Crippen molar-refractivity contribution in [2.45, 2.75) is 18.9 Å². The third kappa shape index (κ3) is 2.76. The summed E-state index contributed by atoms with van der Waals surface area (Å²) in [7, 11) is 0. The summed E-state index contributed by atoms with van der Waals surface area (Å²) in [6.45, 7) is 0. The summed E-state index contributed by atoms with van der Waals surface area (Å²) in [6, 6.07) is 17.3. The number of benzene rings is 2. The van der Waals surface area contributed by atoms with Crippen molar-refractivity contribution in [3.8, 4) is 5.75 Å². The van der Waals surface area contributed by atoms with E-state index in [1.165, 1.54) is 5.56 Å². The van der Waals surface area contributed by atoms with Gasteiger partial charge in [0.1, 0.15) is 11.9 Å². The van der Waals surface area contributed by atoms with Gasteiger partial charge in [-0.25, -0.2) is 0 Å². The Kier molecular flexibility index (Phi) is 3.19. The lowest BCUT2D eigenvalue weighted by atomic mass is 10.0. The van der Waals surface area contributed by atoms with Gasteiger partial charge in [0.05, 0.1) is 5.71 Å². The van der Waals surface area contributed by atoms with Crippen molar-refractivity contribution in [1.82, 2.24) is 0 Å². The van der Waals surface area contributed by atoms with Gasteiger partial charge in [0.15, 0.2) is 0 Å². The molecule has 0 bridgehead atoms. The second-order valence-corrected chi connectivity index (χ2v) is 4.71. The first-order valence-corrected chi connectivity index (χ1v) is 6.37. The number of hydrogen-bond donors (Lipinski definition) is 1. The number of rotatable bonds is 3. The maximum Gasteiger partial charge on any atom is 0.137 e. The van der Waals surface area contributed by atoms with Gasteiger partial charge in [0, 0.05) is 12.8 Å². The van der Waals surface area contributed by atoms with Crippen molar-refractivity contribution < 1.29 is 9.94 Å². The highest BCUT2D eigenvalue weighted by Crippen LogP contribution is 2.21. The Hall–Kier alpha value is -2.29. The second kappa shape index (κ2) is 5.14. The predicted molar refractivity (Wildman–Crippen MR) is 74.3 cm³/mol. The summed E-state index contributed by atoms with van der Waals surface area (Å²) in [5, 5.41) is 13.4. The van der Waals surface area contributed by atoms with Crippen LogP contribution in [0.1, 0.15) is 17.5 Å². The van der Waals surface area contributed by atoms with Crippen LogP contribution in [0.4, 0.5) is 0 Å². The molecule has 1 aliphatic rings. The summed E-state index contributed by atoms with van der Waals surface area (Å²) >= 11 is 0. The van der Waals surface area contributed by atoms with E-state index in [9.17, 15) is 5.11 Å². The van der Waals surface area contributed by atoms with Crippen molar-refractivity contribution in [1.29, 1.82) is 0 Å². The van der Waals surface area contributed by atoms with Crippen LogP contribution in [0.5, 0.6) is 5.75 Å². The molecule has 0 amide bonds. The van der Waals surface area contributed by atoms with E-state index in [0.717, 1.165) is 24.1 Å². The number of oxime groups is 1. The fraction of sp³-hybridized carbons (Fsp3) is 0.188. The van der Waals surface area contributed by atoms with Crippen LogP contribution in [0.2, 0.25) is 0 Å². The number of hydrogen-bond acceptors (Lipinski definition) is 3. The molecular formula is C16H15NO2.